The Morgan fingerprint density at radius 3 is 2.88 bits per heavy atom. The number of hydrogen-bond donors (Lipinski definition) is 0. The van der Waals surface area contributed by atoms with Crippen molar-refractivity contribution >= 4 is 33.2 Å². The molecule has 0 radical (unpaired) electrons. The molecule has 2 heterocycles. The molecular formula is C12H7BrO2S. The van der Waals surface area contributed by atoms with Crippen molar-refractivity contribution in [3.63, 3.8) is 0 Å². The number of carbonyl (C=O) groups is 1. The van der Waals surface area contributed by atoms with E-state index in [0.29, 0.717) is 5.56 Å². The zero-order valence-corrected chi connectivity index (χ0v) is 10.5. The van der Waals surface area contributed by atoms with Crippen LogP contribution in [0.5, 0.6) is 0 Å². The topological polar surface area (TPSA) is 26.3 Å². The number of fused-ring (bicyclic) bond motifs is 1. The van der Waals surface area contributed by atoms with Crippen LogP contribution in [-0.2, 0) is 4.74 Å². The van der Waals surface area contributed by atoms with E-state index in [0.717, 1.165) is 14.9 Å². The van der Waals surface area contributed by atoms with E-state index in [9.17, 15) is 4.79 Å². The predicted octanol–water partition coefficient (Wildman–Crippen LogP) is 3.77. The third-order valence-corrected chi connectivity index (χ3v) is 4.27. The second-order valence-corrected chi connectivity index (χ2v) is 5.40. The molecule has 1 atom stereocenters. The average Bonchev–Trinajstić information content (AvgIpc) is 2.84. The minimum Gasteiger partial charge on any atom is -0.448 e. The van der Waals surface area contributed by atoms with Crippen LogP contribution in [0.3, 0.4) is 0 Å². The van der Waals surface area contributed by atoms with Gasteiger partial charge in [-0.1, -0.05) is 18.2 Å². The highest BCUT2D eigenvalue weighted by Crippen LogP contribution is 2.39. The molecular weight excluding hydrogens is 288 g/mol. The fourth-order valence-corrected chi connectivity index (χ4v) is 3.31. The van der Waals surface area contributed by atoms with Gasteiger partial charge in [-0.15, -0.1) is 11.3 Å². The van der Waals surface area contributed by atoms with Crippen molar-refractivity contribution in [1.82, 2.24) is 0 Å². The summed E-state index contributed by atoms with van der Waals surface area (Å²) in [5.41, 5.74) is 1.64. The number of carbonyl (C=O) groups excluding carboxylic acids is 1. The molecule has 0 bridgehead atoms. The standard InChI is InChI=1S/C12H7BrO2S/c13-7-5-10(16-6-7)11-8-3-1-2-4-9(8)12(14)15-11/h1-6,11H. The van der Waals surface area contributed by atoms with Gasteiger partial charge in [0, 0.05) is 15.4 Å². The van der Waals surface area contributed by atoms with E-state index in [1.165, 1.54) is 0 Å². The fourth-order valence-electron chi connectivity index (χ4n) is 1.82. The molecule has 0 saturated heterocycles. The first kappa shape index (κ1) is 10.1. The highest BCUT2D eigenvalue weighted by molar-refractivity contribution is 9.10. The van der Waals surface area contributed by atoms with Gasteiger partial charge < -0.3 is 4.74 Å². The van der Waals surface area contributed by atoms with Crippen molar-refractivity contribution in [2.75, 3.05) is 0 Å². The normalized spacial score (nSPS) is 18.3. The van der Waals surface area contributed by atoms with E-state index < -0.39 is 0 Å². The Bertz CT molecular complexity index is 562. The molecule has 1 aliphatic heterocycles. The summed E-state index contributed by atoms with van der Waals surface area (Å²) in [5.74, 6) is -0.231. The van der Waals surface area contributed by atoms with Crippen molar-refractivity contribution in [2.24, 2.45) is 0 Å². The zero-order chi connectivity index (χ0) is 11.1. The number of benzene rings is 1. The first-order chi connectivity index (χ1) is 7.75. The van der Waals surface area contributed by atoms with Gasteiger partial charge in [0.1, 0.15) is 0 Å². The van der Waals surface area contributed by atoms with E-state index in [2.05, 4.69) is 15.9 Å². The van der Waals surface area contributed by atoms with Gasteiger partial charge >= 0.3 is 5.97 Å². The van der Waals surface area contributed by atoms with Crippen LogP contribution in [0.15, 0.2) is 40.2 Å². The first-order valence-corrected chi connectivity index (χ1v) is 6.47. The molecule has 16 heavy (non-hydrogen) atoms. The summed E-state index contributed by atoms with van der Waals surface area (Å²) in [7, 11) is 0. The highest BCUT2D eigenvalue weighted by atomic mass is 79.9. The van der Waals surface area contributed by atoms with Gasteiger partial charge in [-0.3, -0.25) is 0 Å². The Labute approximate surface area is 105 Å². The molecule has 2 aromatic rings. The lowest BCUT2D eigenvalue weighted by Crippen LogP contribution is -1.98. The summed E-state index contributed by atoms with van der Waals surface area (Å²) < 4.78 is 6.40. The highest BCUT2D eigenvalue weighted by Gasteiger charge is 2.32. The largest absolute Gasteiger partial charge is 0.448 e. The second kappa shape index (κ2) is 3.71. The molecule has 4 heteroatoms. The monoisotopic (exact) mass is 294 g/mol. The number of hydrogen-bond acceptors (Lipinski definition) is 3. The molecule has 0 amide bonds. The third kappa shape index (κ3) is 1.49. The number of ether oxygens (including phenoxy) is 1. The van der Waals surface area contributed by atoms with Gasteiger partial charge in [0.2, 0.25) is 0 Å². The van der Waals surface area contributed by atoms with Crippen LogP contribution in [0.25, 0.3) is 0 Å². The summed E-state index contributed by atoms with van der Waals surface area (Å²) in [4.78, 5) is 12.7. The molecule has 0 saturated carbocycles. The Morgan fingerprint density at radius 1 is 1.31 bits per heavy atom. The Balaban J connectivity index is 2.10. The van der Waals surface area contributed by atoms with E-state index in [1.807, 2.05) is 29.6 Å². The minimum absolute atomic E-state index is 0.231. The van der Waals surface area contributed by atoms with Crippen LogP contribution >= 0.6 is 27.3 Å². The third-order valence-electron chi connectivity index (χ3n) is 2.53. The molecule has 3 rings (SSSR count). The molecule has 1 aromatic heterocycles. The maximum Gasteiger partial charge on any atom is 0.339 e. The van der Waals surface area contributed by atoms with E-state index >= 15 is 0 Å². The summed E-state index contributed by atoms with van der Waals surface area (Å²) in [6.07, 6.45) is -0.236. The van der Waals surface area contributed by atoms with E-state index in [1.54, 1.807) is 17.4 Å². The van der Waals surface area contributed by atoms with Gasteiger partial charge in [0.25, 0.3) is 0 Å². The Hall–Kier alpha value is -1.13. The summed E-state index contributed by atoms with van der Waals surface area (Å²) in [5, 5.41) is 1.99. The van der Waals surface area contributed by atoms with Crippen LogP contribution in [0.2, 0.25) is 0 Å². The van der Waals surface area contributed by atoms with Crippen LogP contribution in [0.1, 0.15) is 26.9 Å². The Morgan fingerprint density at radius 2 is 2.12 bits per heavy atom. The fraction of sp³-hybridized carbons (Fsp3) is 0.0833. The van der Waals surface area contributed by atoms with Gasteiger partial charge in [-0.05, 0) is 28.1 Å². The van der Waals surface area contributed by atoms with Gasteiger partial charge in [-0.2, -0.15) is 0 Å². The molecule has 1 aromatic carbocycles. The van der Waals surface area contributed by atoms with Gasteiger partial charge in [0.05, 0.1) is 10.4 Å². The lowest BCUT2D eigenvalue weighted by atomic mass is 10.0. The smallest absolute Gasteiger partial charge is 0.339 e. The van der Waals surface area contributed by atoms with Crippen molar-refractivity contribution in [2.45, 2.75) is 6.10 Å². The number of esters is 1. The molecule has 0 aliphatic carbocycles. The number of thiophene rings is 1. The molecule has 1 aliphatic rings. The van der Waals surface area contributed by atoms with Crippen molar-refractivity contribution < 1.29 is 9.53 Å². The van der Waals surface area contributed by atoms with Gasteiger partial charge in [0.15, 0.2) is 6.10 Å². The van der Waals surface area contributed by atoms with Crippen molar-refractivity contribution in [3.05, 3.63) is 56.2 Å². The van der Waals surface area contributed by atoms with Crippen LogP contribution in [0, 0.1) is 0 Å². The average molecular weight is 295 g/mol. The second-order valence-electron chi connectivity index (χ2n) is 3.54. The molecule has 0 N–H and O–H groups in total. The molecule has 1 unspecified atom stereocenters. The van der Waals surface area contributed by atoms with Crippen molar-refractivity contribution in [1.29, 1.82) is 0 Å². The maximum absolute atomic E-state index is 11.6. The summed E-state index contributed by atoms with van der Waals surface area (Å²) in [6.45, 7) is 0. The molecule has 80 valence electrons. The van der Waals surface area contributed by atoms with Crippen LogP contribution < -0.4 is 0 Å². The maximum atomic E-state index is 11.6. The lowest BCUT2D eigenvalue weighted by Gasteiger charge is -2.07. The van der Waals surface area contributed by atoms with Crippen LogP contribution in [-0.4, -0.2) is 5.97 Å². The van der Waals surface area contributed by atoms with Crippen molar-refractivity contribution in [3.8, 4) is 0 Å². The predicted molar refractivity (Wildman–Crippen MR) is 65.7 cm³/mol. The van der Waals surface area contributed by atoms with E-state index in [-0.39, 0.29) is 12.1 Å². The number of cyclic esters (lactones) is 1. The SMILES string of the molecule is O=C1OC(c2cc(Br)cs2)c2ccccc21. The molecule has 0 fully saturated rings. The summed E-state index contributed by atoms with van der Waals surface area (Å²) >= 11 is 4.99. The quantitative estimate of drug-likeness (QED) is 0.749. The molecule has 2 nitrogen and oxygen atoms in total. The number of halogens is 1. The molecule has 0 spiro atoms. The lowest BCUT2D eigenvalue weighted by molar-refractivity contribution is 0.0461. The summed E-state index contributed by atoms with van der Waals surface area (Å²) in [6, 6.07) is 9.52. The first-order valence-electron chi connectivity index (χ1n) is 4.79. The minimum atomic E-state index is -0.236. The Kier molecular flexibility index (Phi) is 2.33. The number of rotatable bonds is 1. The van der Waals surface area contributed by atoms with E-state index in [4.69, 9.17) is 4.74 Å². The van der Waals surface area contributed by atoms with Crippen LogP contribution in [0.4, 0.5) is 0 Å². The zero-order valence-electron chi connectivity index (χ0n) is 8.14. The van der Waals surface area contributed by atoms with Gasteiger partial charge in [-0.25, -0.2) is 4.79 Å².